The Kier molecular flexibility index (Phi) is 6.55. The number of nitrogens with zero attached hydrogens (tertiary/aromatic N) is 2. The van der Waals surface area contributed by atoms with Gasteiger partial charge >= 0.3 is 0 Å². The third-order valence-corrected chi connectivity index (χ3v) is 10.7. The number of para-hydroxylation sites is 3. The Labute approximate surface area is 286 Å². The van der Waals surface area contributed by atoms with Gasteiger partial charge in [-0.15, -0.1) is 0 Å². The third kappa shape index (κ3) is 4.70. The van der Waals surface area contributed by atoms with Crippen molar-refractivity contribution in [1.29, 1.82) is 0 Å². The third-order valence-electron chi connectivity index (χ3n) is 10.7. The first kappa shape index (κ1) is 28.2. The van der Waals surface area contributed by atoms with E-state index in [4.69, 9.17) is 0 Å². The summed E-state index contributed by atoms with van der Waals surface area (Å²) in [6.07, 6.45) is 5.44. The summed E-state index contributed by atoms with van der Waals surface area (Å²) in [6.45, 7) is 0. The molecule has 2 heterocycles. The van der Waals surface area contributed by atoms with Crippen molar-refractivity contribution in [3.8, 4) is 22.5 Å². The molecule has 4 aliphatic carbocycles. The standard InChI is InChI=1S/C47H36N2/c1-4-16-44-39(13-1)40-14-2-5-17-45(40)49(44)38-27-28-47-43(31-38)41-15-3-6-18-46(41)48(47)37-12-8-11-36(30-37)42-29-34-24-23-33-21-19-32(20-22-33)9-7-10-35(42)26-25-34/h1-6,8,11-22,25-31H,7,9-10,23-24H2. The maximum atomic E-state index is 2.46. The molecule has 4 aliphatic rings. The molecule has 2 nitrogen and oxygen atoms in total. The van der Waals surface area contributed by atoms with Crippen LogP contribution in [0.25, 0.3) is 66.1 Å². The molecular weight excluding hydrogens is 593 g/mol. The second kappa shape index (κ2) is 11.4. The van der Waals surface area contributed by atoms with E-state index in [1.165, 1.54) is 88.4 Å². The summed E-state index contributed by atoms with van der Waals surface area (Å²) in [5, 5.41) is 5.10. The molecule has 0 amide bonds. The van der Waals surface area contributed by atoms with Crippen LogP contribution in [-0.4, -0.2) is 9.13 Å². The number of fused-ring (bicyclic) bond motifs is 6. The van der Waals surface area contributed by atoms with Crippen LogP contribution in [-0.2, 0) is 25.7 Å². The summed E-state index contributed by atoms with van der Waals surface area (Å²) in [5.74, 6) is 0. The van der Waals surface area contributed by atoms with E-state index in [0.717, 1.165) is 32.1 Å². The lowest BCUT2D eigenvalue weighted by atomic mass is 9.92. The minimum absolute atomic E-state index is 1.05. The fraction of sp³-hybridized carbons (Fsp3) is 0.106. The van der Waals surface area contributed by atoms with Gasteiger partial charge in [0.15, 0.2) is 0 Å². The van der Waals surface area contributed by atoms with E-state index in [1.54, 1.807) is 0 Å². The first-order valence-electron chi connectivity index (χ1n) is 17.6. The van der Waals surface area contributed by atoms with Gasteiger partial charge in [0.1, 0.15) is 0 Å². The van der Waals surface area contributed by atoms with Crippen LogP contribution in [0.2, 0.25) is 0 Å². The van der Waals surface area contributed by atoms with E-state index in [9.17, 15) is 0 Å². The summed E-state index contributed by atoms with van der Waals surface area (Å²) in [4.78, 5) is 0. The van der Waals surface area contributed by atoms with E-state index in [2.05, 4.69) is 167 Å². The minimum atomic E-state index is 1.05. The molecule has 2 heteroatoms. The summed E-state index contributed by atoms with van der Waals surface area (Å²) in [5.41, 5.74) is 15.7. The number of hydrogen-bond donors (Lipinski definition) is 0. The Balaban J connectivity index is 1.12. The first-order valence-corrected chi connectivity index (χ1v) is 17.6. The molecule has 2 aromatic heterocycles. The van der Waals surface area contributed by atoms with Gasteiger partial charge in [-0.1, -0.05) is 109 Å². The van der Waals surface area contributed by atoms with Gasteiger partial charge in [0.05, 0.1) is 22.1 Å². The van der Waals surface area contributed by atoms with Gasteiger partial charge in [-0.3, -0.25) is 0 Å². The van der Waals surface area contributed by atoms with Gasteiger partial charge < -0.3 is 9.13 Å². The second-order valence-electron chi connectivity index (χ2n) is 13.6. The fourth-order valence-corrected chi connectivity index (χ4v) is 8.30. The molecule has 0 unspecified atom stereocenters. The quantitative estimate of drug-likeness (QED) is 0.184. The minimum Gasteiger partial charge on any atom is -0.309 e. The molecule has 13 rings (SSSR count). The van der Waals surface area contributed by atoms with Crippen molar-refractivity contribution in [1.82, 2.24) is 9.13 Å². The largest absolute Gasteiger partial charge is 0.309 e. The van der Waals surface area contributed by atoms with Crippen molar-refractivity contribution < 1.29 is 0 Å². The zero-order valence-electron chi connectivity index (χ0n) is 27.4. The molecule has 0 N–H and O–H groups in total. The number of rotatable bonds is 3. The van der Waals surface area contributed by atoms with Crippen molar-refractivity contribution in [3.05, 3.63) is 180 Å². The molecule has 0 atom stereocenters. The molecule has 234 valence electrons. The van der Waals surface area contributed by atoms with Gasteiger partial charge in [0.25, 0.3) is 0 Å². The van der Waals surface area contributed by atoms with E-state index >= 15 is 0 Å². The zero-order valence-corrected chi connectivity index (χ0v) is 27.4. The molecule has 0 fully saturated rings. The first-order chi connectivity index (χ1) is 24.3. The van der Waals surface area contributed by atoms with E-state index < -0.39 is 0 Å². The molecule has 49 heavy (non-hydrogen) atoms. The van der Waals surface area contributed by atoms with Crippen LogP contribution in [0.3, 0.4) is 0 Å². The van der Waals surface area contributed by atoms with Gasteiger partial charge in [-0.05, 0) is 114 Å². The molecular formula is C47H36N2. The molecule has 0 spiro atoms. The van der Waals surface area contributed by atoms with Crippen LogP contribution >= 0.6 is 0 Å². The lowest BCUT2D eigenvalue weighted by Gasteiger charge is -2.15. The highest BCUT2D eigenvalue weighted by atomic mass is 15.0. The number of aryl methyl sites for hydroxylation is 4. The fourth-order valence-electron chi connectivity index (χ4n) is 8.30. The maximum Gasteiger partial charge on any atom is 0.0542 e. The molecule has 4 bridgehead atoms. The van der Waals surface area contributed by atoms with E-state index in [1.807, 2.05) is 0 Å². The summed E-state index contributed by atoms with van der Waals surface area (Å²) in [6, 6.07) is 59.1. The topological polar surface area (TPSA) is 9.86 Å². The van der Waals surface area contributed by atoms with Crippen LogP contribution in [0.4, 0.5) is 0 Å². The monoisotopic (exact) mass is 628 g/mol. The Morgan fingerprint density at radius 1 is 0.347 bits per heavy atom. The average Bonchev–Trinajstić information content (AvgIpc) is 3.68. The predicted molar refractivity (Wildman–Crippen MR) is 206 cm³/mol. The molecule has 0 saturated carbocycles. The smallest absolute Gasteiger partial charge is 0.0542 e. The van der Waals surface area contributed by atoms with Gasteiger partial charge in [0.2, 0.25) is 0 Å². The van der Waals surface area contributed by atoms with Crippen LogP contribution < -0.4 is 0 Å². The Morgan fingerprint density at radius 3 is 1.59 bits per heavy atom. The van der Waals surface area contributed by atoms with Crippen molar-refractivity contribution in [2.75, 3.05) is 0 Å². The van der Waals surface area contributed by atoms with Crippen molar-refractivity contribution in [2.45, 2.75) is 32.1 Å². The number of benzene rings is 7. The van der Waals surface area contributed by atoms with Crippen LogP contribution in [0, 0.1) is 0 Å². The van der Waals surface area contributed by atoms with Crippen LogP contribution in [0.5, 0.6) is 0 Å². The predicted octanol–water partition coefficient (Wildman–Crippen LogP) is 11.8. The normalized spacial score (nSPS) is 13.3. The Hall–Kier alpha value is -5.86. The zero-order chi connectivity index (χ0) is 32.3. The van der Waals surface area contributed by atoms with Gasteiger partial charge in [-0.25, -0.2) is 0 Å². The van der Waals surface area contributed by atoms with Crippen molar-refractivity contribution in [3.63, 3.8) is 0 Å². The van der Waals surface area contributed by atoms with Crippen LogP contribution in [0.1, 0.15) is 28.7 Å². The highest BCUT2D eigenvalue weighted by molar-refractivity contribution is 6.12. The SMILES string of the molecule is c1cc(-c2cc3ccc2CCCc2ccc(cc2)CC3)cc(-n2c3ccccc3c3cc(-n4c5ccccc5c5ccccc54)ccc32)c1. The highest BCUT2D eigenvalue weighted by Crippen LogP contribution is 2.38. The molecule has 0 aliphatic heterocycles. The molecule has 0 saturated heterocycles. The van der Waals surface area contributed by atoms with E-state index in [0.29, 0.717) is 0 Å². The summed E-state index contributed by atoms with van der Waals surface area (Å²) < 4.78 is 4.87. The molecule has 7 aromatic carbocycles. The molecule has 0 radical (unpaired) electrons. The van der Waals surface area contributed by atoms with Gasteiger partial charge in [0, 0.05) is 32.9 Å². The van der Waals surface area contributed by atoms with Crippen molar-refractivity contribution >= 4 is 43.6 Å². The van der Waals surface area contributed by atoms with Crippen molar-refractivity contribution in [2.24, 2.45) is 0 Å². The Morgan fingerprint density at radius 2 is 0.898 bits per heavy atom. The van der Waals surface area contributed by atoms with Crippen LogP contribution in [0.15, 0.2) is 158 Å². The lowest BCUT2D eigenvalue weighted by molar-refractivity contribution is 0.821. The summed E-state index contributed by atoms with van der Waals surface area (Å²) >= 11 is 0. The number of aromatic nitrogens is 2. The summed E-state index contributed by atoms with van der Waals surface area (Å²) in [7, 11) is 0. The highest BCUT2D eigenvalue weighted by Gasteiger charge is 2.17. The average molecular weight is 629 g/mol. The van der Waals surface area contributed by atoms with Gasteiger partial charge in [-0.2, -0.15) is 0 Å². The lowest BCUT2D eigenvalue weighted by Crippen LogP contribution is -1.98. The van der Waals surface area contributed by atoms with E-state index in [-0.39, 0.29) is 0 Å². The maximum absolute atomic E-state index is 2.46. The molecule has 9 aromatic rings. The second-order valence-corrected chi connectivity index (χ2v) is 13.6. The number of hydrogen-bond acceptors (Lipinski definition) is 0. The Bertz CT molecular complexity index is 2630.